The molecule has 1 saturated heterocycles. The Balaban J connectivity index is 2.00. The topological polar surface area (TPSA) is 108 Å². The van der Waals surface area contributed by atoms with Crippen molar-refractivity contribution in [3.63, 3.8) is 0 Å². The minimum Gasteiger partial charge on any atom is -0.384 e. The Bertz CT molecular complexity index is 747. The van der Waals surface area contributed by atoms with Crippen molar-refractivity contribution in [3.05, 3.63) is 23.3 Å². The van der Waals surface area contributed by atoms with E-state index in [2.05, 4.69) is 17.1 Å². The van der Waals surface area contributed by atoms with E-state index in [0.717, 1.165) is 0 Å². The van der Waals surface area contributed by atoms with Crippen molar-refractivity contribution in [2.75, 3.05) is 38.0 Å². The van der Waals surface area contributed by atoms with Crippen molar-refractivity contribution in [2.45, 2.75) is 32.1 Å². The number of nitrogens with one attached hydrogen (secondary N) is 1. The Labute approximate surface area is 153 Å². The Morgan fingerprint density at radius 3 is 2.69 bits per heavy atom. The standard InChI is InChI=1S/C17H26N2O6S/c1-12(26(21,22)10-13-5-7-24-8-6-13)16(20)18-15-9-14(25-19-15)17(2,3)11-23-4/h9,13H,1,5-8,10-11H2,2-4H3,(H,18,19,20). The zero-order valence-corrected chi connectivity index (χ0v) is 16.2. The third kappa shape index (κ3) is 5.15. The van der Waals surface area contributed by atoms with Gasteiger partial charge in [0.15, 0.2) is 15.7 Å². The van der Waals surface area contributed by atoms with Gasteiger partial charge in [-0.25, -0.2) is 8.42 Å². The lowest BCUT2D eigenvalue weighted by molar-refractivity contribution is -0.112. The molecule has 0 unspecified atom stereocenters. The van der Waals surface area contributed by atoms with E-state index in [1.54, 1.807) is 13.2 Å². The van der Waals surface area contributed by atoms with Gasteiger partial charge < -0.3 is 19.3 Å². The lowest BCUT2D eigenvalue weighted by atomic mass is 9.91. The lowest BCUT2D eigenvalue weighted by Crippen LogP contribution is -2.28. The maximum absolute atomic E-state index is 12.4. The number of amides is 1. The summed E-state index contributed by atoms with van der Waals surface area (Å²) in [5, 5.41) is 6.20. The molecular weight excluding hydrogens is 360 g/mol. The van der Waals surface area contributed by atoms with Crippen LogP contribution < -0.4 is 5.32 Å². The summed E-state index contributed by atoms with van der Waals surface area (Å²) in [4.78, 5) is 11.8. The monoisotopic (exact) mass is 386 g/mol. The second-order valence-electron chi connectivity index (χ2n) is 7.11. The fourth-order valence-electron chi connectivity index (χ4n) is 2.74. The number of hydrogen-bond donors (Lipinski definition) is 1. The Hall–Kier alpha value is -1.71. The number of nitrogens with zero attached hydrogens (tertiary/aromatic N) is 1. The molecule has 26 heavy (non-hydrogen) atoms. The van der Waals surface area contributed by atoms with Crippen LogP contribution in [0.1, 0.15) is 32.4 Å². The average Bonchev–Trinajstić information content (AvgIpc) is 3.04. The number of hydrogen-bond acceptors (Lipinski definition) is 7. The molecule has 2 rings (SSSR count). The van der Waals surface area contributed by atoms with Crippen molar-refractivity contribution >= 4 is 21.6 Å². The number of aromatic nitrogens is 1. The first kappa shape index (κ1) is 20.6. The summed E-state index contributed by atoms with van der Waals surface area (Å²) in [5.74, 6) is -0.275. The smallest absolute Gasteiger partial charge is 0.267 e. The van der Waals surface area contributed by atoms with E-state index in [1.165, 1.54) is 0 Å². The van der Waals surface area contributed by atoms with Gasteiger partial charge >= 0.3 is 0 Å². The van der Waals surface area contributed by atoms with Gasteiger partial charge in [0.1, 0.15) is 10.7 Å². The minimum absolute atomic E-state index is 0.0215. The van der Waals surface area contributed by atoms with Crippen molar-refractivity contribution in [3.8, 4) is 0 Å². The maximum Gasteiger partial charge on any atom is 0.267 e. The third-order valence-electron chi connectivity index (χ3n) is 4.35. The van der Waals surface area contributed by atoms with Gasteiger partial charge in [0, 0.05) is 31.8 Å². The molecule has 0 bridgehead atoms. The summed E-state index contributed by atoms with van der Waals surface area (Å²) in [5.41, 5.74) is -0.434. The van der Waals surface area contributed by atoms with Crippen LogP contribution in [0.15, 0.2) is 22.1 Å². The zero-order chi connectivity index (χ0) is 19.4. The summed E-state index contributed by atoms with van der Waals surface area (Å²) >= 11 is 0. The van der Waals surface area contributed by atoms with Gasteiger partial charge in [-0.05, 0) is 18.8 Å². The lowest BCUT2D eigenvalue weighted by Gasteiger charge is -2.21. The molecule has 0 aliphatic carbocycles. The molecule has 1 aromatic heterocycles. The number of carbonyl (C=O) groups excluding carboxylic acids is 1. The highest BCUT2D eigenvalue weighted by Gasteiger charge is 2.30. The molecule has 1 aromatic rings. The molecule has 1 aliphatic rings. The van der Waals surface area contributed by atoms with E-state index in [0.29, 0.717) is 38.4 Å². The number of ether oxygens (including phenoxy) is 2. The first-order valence-electron chi connectivity index (χ1n) is 8.42. The molecule has 0 atom stereocenters. The van der Waals surface area contributed by atoms with E-state index in [4.69, 9.17) is 14.0 Å². The van der Waals surface area contributed by atoms with Crippen molar-refractivity contribution in [1.82, 2.24) is 5.16 Å². The summed E-state index contributed by atoms with van der Waals surface area (Å²) in [6, 6.07) is 1.55. The molecule has 0 radical (unpaired) electrons. The maximum atomic E-state index is 12.4. The predicted molar refractivity (Wildman–Crippen MR) is 96.5 cm³/mol. The van der Waals surface area contributed by atoms with Crippen LogP contribution in [0.25, 0.3) is 0 Å². The highest BCUT2D eigenvalue weighted by molar-refractivity contribution is 7.96. The second-order valence-corrected chi connectivity index (χ2v) is 9.16. The normalized spacial score (nSPS) is 16.4. The van der Waals surface area contributed by atoms with Crippen LogP contribution >= 0.6 is 0 Å². The summed E-state index contributed by atoms with van der Waals surface area (Å²) in [7, 11) is -2.17. The molecule has 1 aliphatic heterocycles. The molecule has 9 heteroatoms. The molecular formula is C17H26N2O6S. The molecule has 0 spiro atoms. The fraction of sp³-hybridized carbons (Fsp3) is 0.647. The van der Waals surface area contributed by atoms with Crippen LogP contribution in [0.4, 0.5) is 5.82 Å². The van der Waals surface area contributed by atoms with Crippen molar-refractivity contribution in [1.29, 1.82) is 0 Å². The number of methoxy groups -OCH3 is 1. The average molecular weight is 386 g/mol. The third-order valence-corrected chi connectivity index (χ3v) is 6.20. The predicted octanol–water partition coefficient (Wildman–Crippen LogP) is 1.89. The molecule has 1 N–H and O–H groups in total. The molecule has 1 amide bonds. The van der Waals surface area contributed by atoms with Crippen LogP contribution in [0.5, 0.6) is 0 Å². The summed E-state index contributed by atoms with van der Waals surface area (Å²) in [6.07, 6.45) is 1.32. The first-order valence-corrected chi connectivity index (χ1v) is 10.1. The number of sulfone groups is 1. The Morgan fingerprint density at radius 1 is 1.42 bits per heavy atom. The van der Waals surface area contributed by atoms with E-state index >= 15 is 0 Å². The van der Waals surface area contributed by atoms with Crippen molar-refractivity contribution < 1.29 is 27.2 Å². The van der Waals surface area contributed by atoms with Crippen LogP contribution in [-0.4, -0.2) is 52.2 Å². The van der Waals surface area contributed by atoms with Crippen LogP contribution in [-0.2, 0) is 29.5 Å². The molecule has 0 saturated carbocycles. The van der Waals surface area contributed by atoms with Crippen LogP contribution in [0.2, 0.25) is 0 Å². The van der Waals surface area contributed by atoms with Gasteiger partial charge in [-0.15, -0.1) is 0 Å². The van der Waals surface area contributed by atoms with Crippen molar-refractivity contribution in [2.24, 2.45) is 5.92 Å². The van der Waals surface area contributed by atoms with Gasteiger partial charge in [0.25, 0.3) is 5.91 Å². The molecule has 1 fully saturated rings. The minimum atomic E-state index is -3.75. The van der Waals surface area contributed by atoms with E-state index in [-0.39, 0.29) is 17.5 Å². The summed E-state index contributed by atoms with van der Waals surface area (Å²) in [6.45, 7) is 8.75. The van der Waals surface area contributed by atoms with E-state index in [1.807, 2.05) is 13.8 Å². The SMILES string of the molecule is C=C(C(=O)Nc1cc(C(C)(C)COC)on1)S(=O)(=O)CC1CCOCC1. The number of anilines is 1. The molecule has 8 nitrogen and oxygen atoms in total. The highest BCUT2D eigenvalue weighted by Crippen LogP contribution is 2.26. The number of rotatable bonds is 8. The van der Waals surface area contributed by atoms with Gasteiger partial charge in [0.2, 0.25) is 0 Å². The van der Waals surface area contributed by atoms with Gasteiger partial charge in [-0.2, -0.15) is 0 Å². The second kappa shape index (κ2) is 8.32. The van der Waals surface area contributed by atoms with Crippen LogP contribution in [0.3, 0.4) is 0 Å². The van der Waals surface area contributed by atoms with Gasteiger partial charge in [-0.3, -0.25) is 4.79 Å². The van der Waals surface area contributed by atoms with E-state index in [9.17, 15) is 13.2 Å². The van der Waals surface area contributed by atoms with Gasteiger partial charge in [-0.1, -0.05) is 25.6 Å². The Kier molecular flexibility index (Phi) is 6.59. The summed E-state index contributed by atoms with van der Waals surface area (Å²) < 4.78 is 40.4. The van der Waals surface area contributed by atoms with Gasteiger partial charge in [0.05, 0.1) is 12.4 Å². The van der Waals surface area contributed by atoms with Crippen LogP contribution in [0, 0.1) is 5.92 Å². The van der Waals surface area contributed by atoms with E-state index < -0.39 is 26.1 Å². The largest absolute Gasteiger partial charge is 0.384 e. The Morgan fingerprint density at radius 2 is 2.08 bits per heavy atom. The zero-order valence-electron chi connectivity index (χ0n) is 15.4. The quantitative estimate of drug-likeness (QED) is 0.680. The molecule has 0 aromatic carbocycles. The highest BCUT2D eigenvalue weighted by atomic mass is 32.2. The number of carbonyl (C=O) groups is 1. The molecule has 146 valence electrons. The molecule has 2 heterocycles. The first-order chi connectivity index (χ1) is 12.2. The fourth-order valence-corrected chi connectivity index (χ4v) is 4.22.